The minimum Gasteiger partial charge on any atom is -0.452 e. The number of nitrogens with one attached hydrogen (secondary N) is 1. The first-order chi connectivity index (χ1) is 11.3. The average Bonchev–Trinajstić information content (AvgIpc) is 2.85. The van der Waals surface area contributed by atoms with Crippen LogP contribution in [-0.4, -0.2) is 28.6 Å². The fourth-order valence-electron chi connectivity index (χ4n) is 1.91. The van der Waals surface area contributed by atoms with E-state index in [2.05, 4.69) is 10.5 Å². The first-order valence-electron chi connectivity index (χ1n) is 6.63. The summed E-state index contributed by atoms with van der Waals surface area (Å²) in [4.78, 5) is 33.3. The number of carbonyl (C=O) groups excluding carboxylic acids is 2. The second-order valence-electron chi connectivity index (χ2n) is 4.75. The monoisotopic (exact) mass is 337 g/mol. The molecule has 2 rings (SSSR count). The number of benzene rings is 1. The fourth-order valence-corrected chi connectivity index (χ4v) is 1.91. The summed E-state index contributed by atoms with van der Waals surface area (Å²) in [5.41, 5.74) is -0.325. The van der Waals surface area contributed by atoms with Gasteiger partial charge in [-0.15, -0.1) is 0 Å². The molecule has 24 heavy (non-hydrogen) atoms. The van der Waals surface area contributed by atoms with Gasteiger partial charge in [0.2, 0.25) is 5.82 Å². The Morgan fingerprint density at radius 1 is 1.42 bits per heavy atom. The van der Waals surface area contributed by atoms with Crippen LogP contribution in [-0.2, 0) is 9.53 Å². The standard InChI is InChI=1S/C14H12FN3O6/c1-7-13(8(2)24-17-7)14(20)23-6-12(19)16-9-3-4-10(15)11(5-9)18(21)22/h3-5H,6H2,1-2H3,(H,16,19). The van der Waals surface area contributed by atoms with Gasteiger partial charge in [0.1, 0.15) is 11.3 Å². The Labute approximate surface area is 134 Å². The predicted octanol–water partition coefficient (Wildman–Crippen LogP) is 2.13. The van der Waals surface area contributed by atoms with Gasteiger partial charge in [-0.1, -0.05) is 5.16 Å². The summed E-state index contributed by atoms with van der Waals surface area (Å²) in [6.45, 7) is 2.44. The van der Waals surface area contributed by atoms with Crippen molar-refractivity contribution in [1.82, 2.24) is 5.16 Å². The predicted molar refractivity (Wildman–Crippen MR) is 77.9 cm³/mol. The Bertz CT molecular complexity index is 797. The first kappa shape index (κ1) is 17.1. The van der Waals surface area contributed by atoms with Crippen LogP contribution in [0.1, 0.15) is 21.8 Å². The lowest BCUT2D eigenvalue weighted by Crippen LogP contribution is -2.21. The van der Waals surface area contributed by atoms with E-state index in [-0.39, 0.29) is 17.0 Å². The number of anilines is 1. The fraction of sp³-hybridized carbons (Fsp3) is 0.214. The summed E-state index contributed by atoms with van der Waals surface area (Å²) in [6.07, 6.45) is 0. The number of ether oxygens (including phenoxy) is 1. The van der Waals surface area contributed by atoms with E-state index in [0.717, 1.165) is 18.2 Å². The summed E-state index contributed by atoms with van der Waals surface area (Å²) >= 11 is 0. The van der Waals surface area contributed by atoms with Gasteiger partial charge in [-0.2, -0.15) is 4.39 Å². The molecular formula is C14H12FN3O6. The Kier molecular flexibility index (Phi) is 4.87. The summed E-state index contributed by atoms with van der Waals surface area (Å²) in [7, 11) is 0. The van der Waals surface area contributed by atoms with Crippen LogP contribution >= 0.6 is 0 Å². The molecule has 0 saturated heterocycles. The maximum atomic E-state index is 13.2. The van der Waals surface area contributed by atoms with Gasteiger partial charge in [0.25, 0.3) is 5.91 Å². The molecular weight excluding hydrogens is 325 g/mol. The van der Waals surface area contributed by atoms with Crippen molar-refractivity contribution >= 4 is 23.3 Å². The molecule has 0 atom stereocenters. The summed E-state index contributed by atoms with van der Waals surface area (Å²) < 4.78 is 22.8. The molecule has 9 nitrogen and oxygen atoms in total. The zero-order chi connectivity index (χ0) is 17.9. The third kappa shape index (κ3) is 3.72. The Morgan fingerprint density at radius 3 is 2.71 bits per heavy atom. The van der Waals surface area contributed by atoms with E-state index >= 15 is 0 Å². The SMILES string of the molecule is Cc1noc(C)c1C(=O)OCC(=O)Nc1ccc(F)c([N+](=O)[O-])c1. The third-order valence-electron chi connectivity index (χ3n) is 3.00. The van der Waals surface area contributed by atoms with Crippen molar-refractivity contribution in [3.05, 3.63) is 51.1 Å². The van der Waals surface area contributed by atoms with Gasteiger partial charge < -0.3 is 14.6 Å². The minimum atomic E-state index is -1.03. The topological polar surface area (TPSA) is 125 Å². The van der Waals surface area contributed by atoms with E-state index in [4.69, 9.17) is 9.26 Å². The summed E-state index contributed by atoms with van der Waals surface area (Å²) in [6, 6.07) is 2.86. The molecule has 1 amide bonds. The van der Waals surface area contributed by atoms with Gasteiger partial charge in [0, 0.05) is 11.8 Å². The molecule has 2 aromatic rings. The Hall–Kier alpha value is -3.30. The van der Waals surface area contributed by atoms with Crippen LogP contribution in [0.4, 0.5) is 15.8 Å². The lowest BCUT2D eigenvalue weighted by atomic mass is 10.2. The largest absolute Gasteiger partial charge is 0.452 e. The molecule has 0 saturated carbocycles. The molecule has 0 fully saturated rings. The number of hydrogen-bond acceptors (Lipinski definition) is 7. The number of hydrogen-bond donors (Lipinski definition) is 1. The summed E-state index contributed by atoms with van der Waals surface area (Å²) in [5.74, 6) is -2.29. The van der Waals surface area contributed by atoms with Gasteiger partial charge in [-0.05, 0) is 26.0 Å². The van der Waals surface area contributed by atoms with Gasteiger partial charge in [-0.25, -0.2) is 4.79 Å². The molecule has 0 aliphatic carbocycles. The molecule has 1 N–H and O–H groups in total. The molecule has 126 valence electrons. The van der Waals surface area contributed by atoms with Gasteiger partial charge >= 0.3 is 11.7 Å². The maximum Gasteiger partial charge on any atom is 0.344 e. The van der Waals surface area contributed by atoms with E-state index in [9.17, 15) is 24.1 Å². The zero-order valence-corrected chi connectivity index (χ0v) is 12.7. The quantitative estimate of drug-likeness (QED) is 0.503. The number of nitrogens with zero attached hydrogens (tertiary/aromatic N) is 2. The third-order valence-corrected chi connectivity index (χ3v) is 3.00. The average molecular weight is 337 g/mol. The molecule has 0 unspecified atom stereocenters. The molecule has 0 aliphatic rings. The van der Waals surface area contributed by atoms with Crippen LogP contribution in [0.15, 0.2) is 22.7 Å². The maximum absolute atomic E-state index is 13.2. The molecule has 1 aromatic heterocycles. The van der Waals surface area contributed by atoms with Gasteiger partial charge in [0.15, 0.2) is 6.61 Å². The Morgan fingerprint density at radius 2 is 2.12 bits per heavy atom. The lowest BCUT2D eigenvalue weighted by molar-refractivity contribution is -0.387. The number of nitro benzene ring substituents is 1. The van der Waals surface area contributed by atoms with Crippen molar-refractivity contribution in [2.45, 2.75) is 13.8 Å². The van der Waals surface area contributed by atoms with Gasteiger partial charge in [-0.3, -0.25) is 14.9 Å². The molecule has 10 heteroatoms. The molecule has 0 bridgehead atoms. The molecule has 0 aliphatic heterocycles. The van der Waals surface area contributed by atoms with Crippen LogP contribution < -0.4 is 5.32 Å². The molecule has 0 spiro atoms. The van der Waals surface area contributed by atoms with Crippen LogP contribution in [0.3, 0.4) is 0 Å². The van der Waals surface area contributed by atoms with Crippen LogP contribution in [0.2, 0.25) is 0 Å². The van der Waals surface area contributed by atoms with Gasteiger partial charge in [0.05, 0.1) is 10.6 Å². The number of aryl methyl sites for hydroxylation is 2. The van der Waals surface area contributed by atoms with E-state index in [1.807, 2.05) is 0 Å². The van der Waals surface area contributed by atoms with E-state index in [1.165, 1.54) is 6.92 Å². The molecule has 1 heterocycles. The second-order valence-corrected chi connectivity index (χ2v) is 4.75. The smallest absolute Gasteiger partial charge is 0.344 e. The van der Waals surface area contributed by atoms with Crippen molar-refractivity contribution in [2.75, 3.05) is 11.9 Å². The van der Waals surface area contributed by atoms with Crippen molar-refractivity contribution in [2.24, 2.45) is 0 Å². The number of esters is 1. The highest BCUT2D eigenvalue weighted by atomic mass is 19.1. The number of nitro groups is 1. The van der Waals surface area contributed by atoms with Crippen molar-refractivity contribution in [3.63, 3.8) is 0 Å². The Balaban J connectivity index is 1.98. The van der Waals surface area contributed by atoms with Crippen LogP contribution in [0.25, 0.3) is 0 Å². The van der Waals surface area contributed by atoms with E-state index in [0.29, 0.717) is 5.69 Å². The molecule has 1 aromatic carbocycles. The normalized spacial score (nSPS) is 10.3. The number of carbonyl (C=O) groups is 2. The number of aromatic nitrogens is 1. The number of amides is 1. The molecule has 0 radical (unpaired) electrons. The van der Waals surface area contributed by atoms with E-state index < -0.39 is 34.9 Å². The number of halogens is 1. The second kappa shape index (κ2) is 6.86. The van der Waals surface area contributed by atoms with E-state index in [1.54, 1.807) is 6.92 Å². The van der Waals surface area contributed by atoms with Crippen LogP contribution in [0.5, 0.6) is 0 Å². The van der Waals surface area contributed by atoms with Crippen molar-refractivity contribution in [3.8, 4) is 0 Å². The highest BCUT2D eigenvalue weighted by molar-refractivity contribution is 5.96. The highest BCUT2D eigenvalue weighted by Gasteiger charge is 2.20. The minimum absolute atomic E-state index is 0.00138. The first-order valence-corrected chi connectivity index (χ1v) is 6.63. The van der Waals surface area contributed by atoms with Crippen LogP contribution in [0, 0.1) is 29.8 Å². The summed E-state index contributed by atoms with van der Waals surface area (Å²) in [5, 5.41) is 16.5. The van der Waals surface area contributed by atoms with Crippen molar-refractivity contribution in [1.29, 1.82) is 0 Å². The lowest BCUT2D eigenvalue weighted by Gasteiger charge is -2.06. The number of rotatable bonds is 5. The zero-order valence-electron chi connectivity index (χ0n) is 12.7. The van der Waals surface area contributed by atoms with Crippen molar-refractivity contribution < 1.29 is 28.2 Å². The highest BCUT2D eigenvalue weighted by Crippen LogP contribution is 2.21.